The van der Waals surface area contributed by atoms with E-state index in [0.29, 0.717) is 6.61 Å². The normalized spacial score (nSPS) is 22.5. The molecule has 2 N–H and O–H groups in total. The van der Waals surface area contributed by atoms with E-state index in [1.165, 1.54) is 6.07 Å². The third-order valence-electron chi connectivity index (χ3n) is 3.87. The Morgan fingerprint density at radius 1 is 1.41 bits per heavy atom. The molecule has 0 radical (unpaired) electrons. The maximum atomic E-state index is 13.6. The van der Waals surface area contributed by atoms with Gasteiger partial charge in [-0.15, -0.1) is 0 Å². The van der Waals surface area contributed by atoms with Crippen molar-refractivity contribution in [1.82, 2.24) is 0 Å². The highest BCUT2D eigenvalue weighted by molar-refractivity contribution is 5.50. The van der Waals surface area contributed by atoms with Crippen LogP contribution in [-0.4, -0.2) is 12.8 Å². The zero-order valence-corrected chi connectivity index (χ0v) is 9.83. The van der Waals surface area contributed by atoms with Crippen LogP contribution >= 0.6 is 0 Å². The molecule has 17 heavy (non-hydrogen) atoms. The maximum Gasteiger partial charge on any atom is 0.189 e. The second kappa shape index (κ2) is 3.68. The number of ether oxygens (including phenoxy) is 2. The summed E-state index contributed by atoms with van der Waals surface area (Å²) < 4.78 is 24.3. The highest BCUT2D eigenvalue weighted by atomic mass is 19.1. The van der Waals surface area contributed by atoms with E-state index < -0.39 is 0 Å². The summed E-state index contributed by atoms with van der Waals surface area (Å²) >= 11 is 0. The van der Waals surface area contributed by atoms with Crippen molar-refractivity contribution >= 4 is 0 Å². The van der Waals surface area contributed by atoms with Gasteiger partial charge in [-0.2, -0.15) is 0 Å². The third-order valence-corrected chi connectivity index (χ3v) is 3.87. The van der Waals surface area contributed by atoms with Crippen LogP contribution in [0.1, 0.15) is 30.9 Å². The molecule has 0 bridgehead atoms. The molecule has 0 spiro atoms. The number of benzene rings is 1. The van der Waals surface area contributed by atoms with Crippen molar-refractivity contribution in [3.05, 3.63) is 29.1 Å². The topological polar surface area (TPSA) is 44.5 Å². The highest BCUT2D eigenvalue weighted by Gasteiger charge is 2.50. The second-order valence-corrected chi connectivity index (χ2v) is 5.00. The molecule has 0 aromatic heterocycles. The van der Waals surface area contributed by atoms with E-state index in [9.17, 15) is 4.39 Å². The van der Waals surface area contributed by atoms with Gasteiger partial charge in [-0.3, -0.25) is 0 Å². The van der Waals surface area contributed by atoms with Crippen molar-refractivity contribution < 1.29 is 13.9 Å². The van der Waals surface area contributed by atoms with Crippen LogP contribution in [-0.2, 0) is 16.8 Å². The standard InChI is InChI=1S/C13H16FNO2/c1-8(15)13(2-3-13)11-5-10(14)4-9-6-16-7-17-12(9)11/h4-5,8H,2-3,6-7,15H2,1H3. The van der Waals surface area contributed by atoms with Gasteiger partial charge in [0.05, 0.1) is 6.61 Å². The largest absolute Gasteiger partial charge is 0.467 e. The average molecular weight is 237 g/mol. The minimum atomic E-state index is -0.236. The van der Waals surface area contributed by atoms with Crippen molar-refractivity contribution in [2.24, 2.45) is 5.73 Å². The molecule has 1 aromatic carbocycles. The van der Waals surface area contributed by atoms with Crippen LogP contribution in [0, 0.1) is 5.82 Å². The molecule has 1 saturated carbocycles. The van der Waals surface area contributed by atoms with Crippen LogP contribution in [0.15, 0.2) is 12.1 Å². The molecule has 92 valence electrons. The first-order valence-electron chi connectivity index (χ1n) is 5.92. The van der Waals surface area contributed by atoms with Gasteiger partial charge < -0.3 is 15.2 Å². The summed E-state index contributed by atoms with van der Waals surface area (Å²) in [7, 11) is 0. The van der Waals surface area contributed by atoms with Crippen LogP contribution in [0.25, 0.3) is 0 Å². The number of nitrogens with two attached hydrogens (primary N) is 1. The summed E-state index contributed by atoms with van der Waals surface area (Å²) in [4.78, 5) is 0. The summed E-state index contributed by atoms with van der Waals surface area (Å²) in [6.45, 7) is 2.62. The van der Waals surface area contributed by atoms with E-state index in [2.05, 4.69) is 0 Å². The first kappa shape index (κ1) is 11.0. The van der Waals surface area contributed by atoms with Crippen LogP contribution in [0.5, 0.6) is 5.75 Å². The molecule has 3 rings (SSSR count). The lowest BCUT2D eigenvalue weighted by molar-refractivity contribution is -0.0177. The Hall–Kier alpha value is -1.13. The van der Waals surface area contributed by atoms with Crippen LogP contribution in [0.4, 0.5) is 4.39 Å². The van der Waals surface area contributed by atoms with Crippen LogP contribution in [0.2, 0.25) is 0 Å². The quantitative estimate of drug-likeness (QED) is 0.856. The van der Waals surface area contributed by atoms with Crippen LogP contribution < -0.4 is 10.5 Å². The molecule has 1 aliphatic carbocycles. The monoisotopic (exact) mass is 237 g/mol. The minimum absolute atomic E-state index is 0.0137. The van der Waals surface area contributed by atoms with Crippen molar-refractivity contribution in [3.8, 4) is 5.75 Å². The summed E-state index contributed by atoms with van der Waals surface area (Å²) in [6.07, 6.45) is 2.01. The molecular weight excluding hydrogens is 221 g/mol. The number of hydrogen-bond donors (Lipinski definition) is 1. The lowest BCUT2D eigenvalue weighted by Crippen LogP contribution is -2.32. The third kappa shape index (κ3) is 1.63. The summed E-state index contributed by atoms with van der Waals surface area (Å²) in [5, 5.41) is 0. The van der Waals surface area contributed by atoms with Gasteiger partial charge in [-0.05, 0) is 31.9 Å². The minimum Gasteiger partial charge on any atom is -0.467 e. The molecule has 0 saturated heterocycles. The number of hydrogen-bond acceptors (Lipinski definition) is 3. The molecular formula is C13H16FNO2. The van der Waals surface area contributed by atoms with Gasteiger partial charge in [0, 0.05) is 22.6 Å². The Morgan fingerprint density at radius 2 is 2.18 bits per heavy atom. The van der Waals surface area contributed by atoms with E-state index in [1.807, 2.05) is 6.92 Å². The fourth-order valence-electron chi connectivity index (χ4n) is 2.65. The SMILES string of the molecule is CC(N)C1(c2cc(F)cc3c2OCOC3)CC1. The zero-order chi connectivity index (χ0) is 12.0. The van der Waals surface area contributed by atoms with Gasteiger partial charge in [0.25, 0.3) is 0 Å². The predicted molar refractivity (Wildman–Crippen MR) is 61.2 cm³/mol. The van der Waals surface area contributed by atoms with E-state index in [0.717, 1.165) is 29.7 Å². The summed E-state index contributed by atoms with van der Waals surface area (Å²) in [5.41, 5.74) is 7.66. The van der Waals surface area contributed by atoms with Gasteiger partial charge in [-0.1, -0.05) is 0 Å². The number of rotatable bonds is 2. The Morgan fingerprint density at radius 3 is 2.82 bits per heavy atom. The molecule has 0 amide bonds. The Balaban J connectivity index is 2.13. The van der Waals surface area contributed by atoms with Crippen molar-refractivity contribution in [3.63, 3.8) is 0 Å². The van der Waals surface area contributed by atoms with Gasteiger partial charge in [0.15, 0.2) is 6.79 Å². The molecule has 1 fully saturated rings. The molecule has 1 atom stereocenters. The molecule has 1 aromatic rings. The Bertz CT molecular complexity index is 455. The smallest absolute Gasteiger partial charge is 0.189 e. The lowest BCUT2D eigenvalue weighted by atomic mass is 9.87. The molecule has 1 unspecified atom stereocenters. The fourth-order valence-corrected chi connectivity index (χ4v) is 2.65. The van der Waals surface area contributed by atoms with Gasteiger partial charge in [0.1, 0.15) is 11.6 Å². The van der Waals surface area contributed by atoms with E-state index in [1.54, 1.807) is 6.07 Å². The van der Waals surface area contributed by atoms with E-state index >= 15 is 0 Å². The Kier molecular flexibility index (Phi) is 2.38. The summed E-state index contributed by atoms with van der Waals surface area (Å²) in [6, 6.07) is 3.07. The van der Waals surface area contributed by atoms with Crippen molar-refractivity contribution in [2.45, 2.75) is 37.8 Å². The molecule has 2 aliphatic rings. The van der Waals surface area contributed by atoms with Gasteiger partial charge in [-0.25, -0.2) is 4.39 Å². The number of fused-ring (bicyclic) bond motifs is 1. The Labute approximate surface area is 99.7 Å². The lowest BCUT2D eigenvalue weighted by Gasteiger charge is -2.27. The molecule has 3 nitrogen and oxygen atoms in total. The molecule has 4 heteroatoms. The highest BCUT2D eigenvalue weighted by Crippen LogP contribution is 2.54. The summed E-state index contributed by atoms with van der Waals surface area (Å²) in [5.74, 6) is 0.548. The van der Waals surface area contributed by atoms with Gasteiger partial charge in [0.2, 0.25) is 0 Å². The van der Waals surface area contributed by atoms with Crippen LogP contribution in [0.3, 0.4) is 0 Å². The fraction of sp³-hybridized carbons (Fsp3) is 0.538. The van der Waals surface area contributed by atoms with Crippen molar-refractivity contribution in [1.29, 1.82) is 0 Å². The zero-order valence-electron chi connectivity index (χ0n) is 9.83. The molecule has 1 aliphatic heterocycles. The maximum absolute atomic E-state index is 13.6. The van der Waals surface area contributed by atoms with E-state index in [-0.39, 0.29) is 24.1 Å². The second-order valence-electron chi connectivity index (χ2n) is 5.00. The first-order valence-corrected chi connectivity index (χ1v) is 5.92. The van der Waals surface area contributed by atoms with Gasteiger partial charge >= 0.3 is 0 Å². The van der Waals surface area contributed by atoms with E-state index in [4.69, 9.17) is 15.2 Å². The first-order chi connectivity index (χ1) is 8.13. The predicted octanol–water partition coefficient (Wildman–Crippen LogP) is 2.07. The average Bonchev–Trinajstić information content (AvgIpc) is 3.09. The number of halogens is 1. The van der Waals surface area contributed by atoms with Crippen molar-refractivity contribution in [2.75, 3.05) is 6.79 Å². The molecule has 1 heterocycles.